The van der Waals surface area contributed by atoms with E-state index in [2.05, 4.69) is 5.32 Å². The van der Waals surface area contributed by atoms with E-state index in [0.717, 1.165) is 11.1 Å². The molecule has 0 fully saturated rings. The number of carbonyl (C=O) groups is 1. The van der Waals surface area contributed by atoms with Gasteiger partial charge in [0, 0.05) is 18.2 Å². The molecule has 0 aliphatic heterocycles. The van der Waals surface area contributed by atoms with E-state index in [1.807, 2.05) is 60.7 Å². The van der Waals surface area contributed by atoms with E-state index in [0.29, 0.717) is 12.2 Å². The van der Waals surface area contributed by atoms with Crippen molar-refractivity contribution in [2.45, 2.75) is 19.3 Å². The Balaban J connectivity index is 1.83. The molecule has 0 aliphatic rings. The van der Waals surface area contributed by atoms with Crippen LogP contribution < -0.4 is 14.8 Å². The summed E-state index contributed by atoms with van der Waals surface area (Å²) in [5, 5.41) is 12.5. The summed E-state index contributed by atoms with van der Waals surface area (Å²) in [6.07, 6.45) is -0.756. The van der Waals surface area contributed by atoms with Crippen LogP contribution in [0.15, 0.2) is 72.8 Å². The average molecular weight is 395 g/mol. The first-order chi connectivity index (χ1) is 14.2. The van der Waals surface area contributed by atoms with Gasteiger partial charge in [-0.1, -0.05) is 60.7 Å². The molecule has 0 radical (unpaired) electrons. The smallest absolute Gasteiger partial charge is 0.207 e. The maximum atomic E-state index is 14.6. The molecule has 0 saturated heterocycles. The molecule has 0 bridgehead atoms. The highest BCUT2D eigenvalue weighted by molar-refractivity contribution is 5.47. The molecule has 6 heteroatoms. The van der Waals surface area contributed by atoms with E-state index in [1.54, 1.807) is 0 Å². The highest BCUT2D eigenvalue weighted by Crippen LogP contribution is 2.34. The number of nitrogens with one attached hydrogen (secondary N) is 1. The fraction of sp³-hybridized carbons (Fsp3) is 0.174. The lowest BCUT2D eigenvalue weighted by molar-refractivity contribution is -0.110. The van der Waals surface area contributed by atoms with Crippen LogP contribution in [0.25, 0.3) is 0 Å². The molecule has 1 amide bonds. The van der Waals surface area contributed by atoms with Crippen molar-refractivity contribution in [3.63, 3.8) is 0 Å². The number of halogens is 1. The summed E-state index contributed by atoms with van der Waals surface area (Å²) in [5.74, 6) is -0.0896. The second-order valence-corrected chi connectivity index (χ2v) is 6.41. The van der Waals surface area contributed by atoms with Gasteiger partial charge in [0.1, 0.15) is 19.0 Å². The molecule has 5 nitrogen and oxygen atoms in total. The zero-order valence-electron chi connectivity index (χ0n) is 15.8. The SMILES string of the molecule is O=CNC[C@@H](O)c1cc(OCc2ccccc2)c(OCc2ccccc2)cc1F. The normalized spacial score (nSPS) is 11.5. The van der Waals surface area contributed by atoms with Gasteiger partial charge in [-0.2, -0.15) is 0 Å². The number of carbonyl (C=O) groups excluding carboxylic acids is 1. The quantitative estimate of drug-likeness (QED) is 0.513. The van der Waals surface area contributed by atoms with Crippen molar-refractivity contribution in [1.29, 1.82) is 0 Å². The number of hydrogen-bond acceptors (Lipinski definition) is 4. The second kappa shape index (κ2) is 10.2. The molecular formula is C23H22FNO4. The summed E-state index contributed by atoms with van der Waals surface area (Å²) < 4.78 is 26.2. The van der Waals surface area contributed by atoms with Crippen LogP contribution in [0.5, 0.6) is 11.5 Å². The Kier molecular flexibility index (Phi) is 7.19. The Labute approximate surface area is 168 Å². The van der Waals surface area contributed by atoms with Gasteiger partial charge in [0.15, 0.2) is 11.5 Å². The van der Waals surface area contributed by atoms with Crippen LogP contribution in [0.3, 0.4) is 0 Å². The Morgan fingerprint density at radius 3 is 1.93 bits per heavy atom. The second-order valence-electron chi connectivity index (χ2n) is 6.41. The fourth-order valence-corrected chi connectivity index (χ4v) is 2.77. The van der Waals surface area contributed by atoms with E-state index >= 15 is 0 Å². The van der Waals surface area contributed by atoms with E-state index in [-0.39, 0.29) is 31.1 Å². The van der Waals surface area contributed by atoms with Gasteiger partial charge in [0.2, 0.25) is 6.41 Å². The molecule has 3 aromatic carbocycles. The predicted molar refractivity (Wildman–Crippen MR) is 107 cm³/mol. The molecule has 0 aliphatic carbocycles. The lowest BCUT2D eigenvalue weighted by Gasteiger charge is -2.17. The van der Waals surface area contributed by atoms with Crippen LogP contribution >= 0.6 is 0 Å². The maximum Gasteiger partial charge on any atom is 0.207 e. The van der Waals surface area contributed by atoms with Gasteiger partial charge in [0.05, 0.1) is 6.10 Å². The van der Waals surface area contributed by atoms with Crippen molar-refractivity contribution in [3.8, 4) is 11.5 Å². The molecule has 0 aromatic heterocycles. The molecule has 1 atom stereocenters. The van der Waals surface area contributed by atoms with Gasteiger partial charge in [0.25, 0.3) is 0 Å². The van der Waals surface area contributed by atoms with Crippen LogP contribution in [0.4, 0.5) is 4.39 Å². The Morgan fingerprint density at radius 1 is 0.897 bits per heavy atom. The lowest BCUT2D eigenvalue weighted by Crippen LogP contribution is -2.20. The molecule has 3 aromatic rings. The highest BCUT2D eigenvalue weighted by atomic mass is 19.1. The number of benzene rings is 3. The monoisotopic (exact) mass is 395 g/mol. The first-order valence-electron chi connectivity index (χ1n) is 9.19. The minimum Gasteiger partial charge on any atom is -0.485 e. The zero-order valence-corrected chi connectivity index (χ0v) is 15.8. The molecular weight excluding hydrogens is 373 g/mol. The summed E-state index contributed by atoms with van der Waals surface area (Å²) in [7, 11) is 0. The number of ether oxygens (including phenoxy) is 2. The summed E-state index contributed by atoms with van der Waals surface area (Å²) in [6, 6.07) is 21.7. The minimum atomic E-state index is -1.21. The summed E-state index contributed by atoms with van der Waals surface area (Å²) in [4.78, 5) is 10.5. The molecule has 0 saturated carbocycles. The van der Waals surface area contributed by atoms with Crippen molar-refractivity contribution in [1.82, 2.24) is 5.32 Å². The van der Waals surface area contributed by atoms with E-state index in [9.17, 15) is 14.3 Å². The van der Waals surface area contributed by atoms with Crippen molar-refractivity contribution >= 4 is 6.41 Å². The van der Waals surface area contributed by atoms with Gasteiger partial charge in [-0.3, -0.25) is 4.79 Å². The highest BCUT2D eigenvalue weighted by Gasteiger charge is 2.18. The van der Waals surface area contributed by atoms with Gasteiger partial charge in [-0.15, -0.1) is 0 Å². The van der Waals surface area contributed by atoms with E-state index < -0.39 is 11.9 Å². The molecule has 0 heterocycles. The summed E-state index contributed by atoms with van der Waals surface area (Å²) in [5.41, 5.74) is 1.89. The first kappa shape index (κ1) is 20.4. The summed E-state index contributed by atoms with van der Waals surface area (Å²) in [6.45, 7) is 0.398. The van der Waals surface area contributed by atoms with Crippen LogP contribution in [0.2, 0.25) is 0 Å². The standard InChI is InChI=1S/C23H22FNO4/c24-20-12-23(29-15-18-9-5-2-6-10-18)22(11-19(20)21(27)13-25-16-26)28-14-17-7-3-1-4-8-17/h1-12,16,21,27H,13-15H2,(H,25,26)/t21-/m1/s1. The number of amides is 1. The number of aliphatic hydroxyl groups excluding tert-OH is 1. The number of aliphatic hydroxyl groups is 1. The largest absolute Gasteiger partial charge is 0.485 e. The van der Waals surface area contributed by atoms with Gasteiger partial charge in [-0.05, 0) is 17.2 Å². The van der Waals surface area contributed by atoms with Gasteiger partial charge in [-0.25, -0.2) is 4.39 Å². The third-order valence-corrected chi connectivity index (χ3v) is 4.29. The molecule has 150 valence electrons. The fourth-order valence-electron chi connectivity index (χ4n) is 2.77. The first-order valence-corrected chi connectivity index (χ1v) is 9.19. The number of hydrogen-bond donors (Lipinski definition) is 2. The maximum absolute atomic E-state index is 14.6. The Bertz CT molecular complexity index is 919. The van der Waals surface area contributed by atoms with E-state index in [1.165, 1.54) is 12.1 Å². The third kappa shape index (κ3) is 5.80. The molecule has 2 N–H and O–H groups in total. The average Bonchev–Trinajstić information content (AvgIpc) is 2.76. The topological polar surface area (TPSA) is 67.8 Å². The molecule has 0 unspecified atom stereocenters. The Morgan fingerprint density at radius 2 is 1.41 bits per heavy atom. The van der Waals surface area contributed by atoms with Crippen molar-refractivity contribution in [2.24, 2.45) is 0 Å². The van der Waals surface area contributed by atoms with Gasteiger partial charge >= 0.3 is 0 Å². The van der Waals surface area contributed by atoms with Crippen LogP contribution in [0, 0.1) is 5.82 Å². The van der Waals surface area contributed by atoms with Crippen LogP contribution in [-0.2, 0) is 18.0 Å². The predicted octanol–water partition coefficient (Wildman–Crippen LogP) is 3.76. The molecule has 29 heavy (non-hydrogen) atoms. The van der Waals surface area contributed by atoms with Crippen LogP contribution in [0.1, 0.15) is 22.8 Å². The van der Waals surface area contributed by atoms with Gasteiger partial charge < -0.3 is 19.9 Å². The van der Waals surface area contributed by atoms with Crippen LogP contribution in [-0.4, -0.2) is 18.1 Å². The minimum absolute atomic E-state index is 0.0227. The lowest BCUT2D eigenvalue weighted by atomic mass is 10.1. The third-order valence-electron chi connectivity index (χ3n) is 4.29. The van der Waals surface area contributed by atoms with E-state index in [4.69, 9.17) is 9.47 Å². The van der Waals surface area contributed by atoms with Crippen molar-refractivity contribution in [3.05, 3.63) is 95.3 Å². The Hall–Kier alpha value is -3.38. The molecule has 3 rings (SSSR count). The zero-order chi connectivity index (χ0) is 20.5. The molecule has 0 spiro atoms. The summed E-state index contributed by atoms with van der Waals surface area (Å²) >= 11 is 0. The van der Waals surface area contributed by atoms with Crippen molar-refractivity contribution < 1.29 is 23.8 Å². The van der Waals surface area contributed by atoms with Crippen molar-refractivity contribution in [2.75, 3.05) is 6.54 Å². The number of rotatable bonds is 10.